The fourth-order valence-electron chi connectivity index (χ4n) is 1.42. The summed E-state index contributed by atoms with van der Waals surface area (Å²) in [5, 5.41) is 8.88. The summed E-state index contributed by atoms with van der Waals surface area (Å²) in [5.41, 5.74) is 3.42. The van der Waals surface area contributed by atoms with Crippen LogP contribution >= 0.6 is 23.5 Å². The third-order valence-corrected chi connectivity index (χ3v) is 5.44. The van der Waals surface area contributed by atoms with Crippen LogP contribution in [0.25, 0.3) is 0 Å². The quantitative estimate of drug-likeness (QED) is 0.626. The third kappa shape index (κ3) is 1.80. The molecule has 0 saturated carbocycles. The Kier molecular flexibility index (Phi) is 2.81. The molecular formula is C12H11NS2. The van der Waals surface area contributed by atoms with Gasteiger partial charge in [-0.05, 0) is 31.9 Å². The molecule has 1 aromatic carbocycles. The van der Waals surface area contributed by atoms with Crippen LogP contribution in [0.2, 0.25) is 0 Å². The highest BCUT2D eigenvalue weighted by Gasteiger charge is 2.22. The number of rotatable bonds is 0. The van der Waals surface area contributed by atoms with Gasteiger partial charge in [-0.25, -0.2) is 0 Å². The van der Waals surface area contributed by atoms with Crippen LogP contribution in [-0.4, -0.2) is 0 Å². The zero-order valence-corrected chi connectivity index (χ0v) is 10.6. The second-order valence-corrected chi connectivity index (χ2v) is 5.89. The van der Waals surface area contributed by atoms with Gasteiger partial charge in [-0.15, -0.1) is 0 Å². The molecule has 0 fully saturated rings. The van der Waals surface area contributed by atoms with Gasteiger partial charge < -0.3 is 0 Å². The molecule has 0 saturated heterocycles. The van der Waals surface area contributed by atoms with Crippen LogP contribution in [0.3, 0.4) is 0 Å². The molecule has 15 heavy (non-hydrogen) atoms. The first kappa shape index (κ1) is 10.7. The summed E-state index contributed by atoms with van der Waals surface area (Å²) in [6.45, 7) is 6.12. The fourth-order valence-corrected chi connectivity index (χ4v) is 4.07. The Morgan fingerprint density at radius 1 is 1.13 bits per heavy atom. The van der Waals surface area contributed by atoms with Gasteiger partial charge in [0.15, 0.2) is 0 Å². The van der Waals surface area contributed by atoms with Crippen molar-refractivity contribution in [1.29, 1.82) is 5.26 Å². The lowest BCUT2D eigenvalue weighted by molar-refractivity contribution is 1.13. The molecule has 0 amide bonds. The van der Waals surface area contributed by atoms with E-state index in [4.69, 9.17) is 5.26 Å². The second kappa shape index (κ2) is 3.96. The number of allylic oxidation sites excluding steroid dienone is 1. The smallest absolute Gasteiger partial charge is 0.0961 e. The van der Waals surface area contributed by atoms with E-state index in [-0.39, 0.29) is 0 Å². The highest BCUT2D eigenvalue weighted by atomic mass is 32.2. The van der Waals surface area contributed by atoms with Crippen molar-refractivity contribution in [1.82, 2.24) is 0 Å². The van der Waals surface area contributed by atoms with Crippen LogP contribution < -0.4 is 0 Å². The molecule has 76 valence electrons. The Balaban J connectivity index is 2.53. The predicted octanol–water partition coefficient (Wildman–Crippen LogP) is 4.26. The number of nitriles is 1. The van der Waals surface area contributed by atoms with Gasteiger partial charge in [-0.3, -0.25) is 0 Å². The minimum absolute atomic E-state index is 0.819. The zero-order valence-electron chi connectivity index (χ0n) is 8.92. The zero-order chi connectivity index (χ0) is 11.0. The van der Waals surface area contributed by atoms with Gasteiger partial charge in [0, 0.05) is 15.4 Å². The Morgan fingerprint density at radius 3 is 2.00 bits per heavy atom. The van der Waals surface area contributed by atoms with Crippen LogP contribution in [0.4, 0.5) is 0 Å². The van der Waals surface area contributed by atoms with Crippen molar-refractivity contribution in [3.8, 4) is 6.07 Å². The Labute approximate surface area is 98.6 Å². The van der Waals surface area contributed by atoms with Crippen LogP contribution in [0.15, 0.2) is 31.7 Å². The van der Waals surface area contributed by atoms with Crippen LogP contribution in [-0.2, 0) is 0 Å². The maximum Gasteiger partial charge on any atom is 0.0961 e. The molecule has 0 atom stereocenters. The van der Waals surface area contributed by atoms with Crippen LogP contribution in [0, 0.1) is 25.2 Å². The van der Waals surface area contributed by atoms with Crippen molar-refractivity contribution in [3.63, 3.8) is 0 Å². The number of thioether (sulfide) groups is 2. The molecule has 1 aromatic rings. The molecule has 1 aliphatic rings. The molecule has 0 unspecified atom stereocenters. The minimum Gasteiger partial charge on any atom is -0.193 e. The Bertz CT molecular complexity index is 462. The predicted molar refractivity (Wildman–Crippen MR) is 65.9 cm³/mol. The molecule has 0 N–H and O–H groups in total. The average Bonchev–Trinajstić information content (AvgIpc) is 2.68. The van der Waals surface area contributed by atoms with Crippen LogP contribution in [0.5, 0.6) is 0 Å². The van der Waals surface area contributed by atoms with Gasteiger partial charge in [-0.1, -0.05) is 35.7 Å². The summed E-state index contributed by atoms with van der Waals surface area (Å²) >= 11 is 3.46. The second-order valence-electron chi connectivity index (χ2n) is 3.59. The maximum absolute atomic E-state index is 8.88. The largest absolute Gasteiger partial charge is 0.193 e. The molecule has 0 aromatic heterocycles. The first-order chi connectivity index (χ1) is 7.13. The molecule has 0 aliphatic carbocycles. The Hall–Kier alpha value is -0.850. The summed E-state index contributed by atoms with van der Waals surface area (Å²) in [5.74, 6) is 0. The standard InChI is InChI=1S/C12H11NS2/c1-7-4-5-8(2)11-10(7)14-12(15-11)9(3)6-13/h4-5H,1-3H3. The monoisotopic (exact) mass is 233 g/mol. The van der Waals surface area contributed by atoms with E-state index in [9.17, 15) is 0 Å². The van der Waals surface area contributed by atoms with Crippen molar-refractivity contribution in [2.75, 3.05) is 0 Å². The molecule has 0 radical (unpaired) electrons. The first-order valence-corrected chi connectivity index (χ1v) is 6.33. The number of benzene rings is 1. The van der Waals surface area contributed by atoms with Gasteiger partial charge in [0.05, 0.1) is 10.3 Å². The number of fused-ring (bicyclic) bond motifs is 1. The van der Waals surface area contributed by atoms with Crippen molar-refractivity contribution >= 4 is 23.5 Å². The highest BCUT2D eigenvalue weighted by Crippen LogP contribution is 2.54. The van der Waals surface area contributed by atoms with Crippen molar-refractivity contribution in [3.05, 3.63) is 33.1 Å². The number of nitrogens with zero attached hydrogens (tertiary/aromatic N) is 1. The fraction of sp³-hybridized carbons (Fsp3) is 0.250. The van der Waals surface area contributed by atoms with Crippen molar-refractivity contribution in [2.45, 2.75) is 30.6 Å². The number of aryl methyl sites for hydroxylation is 2. The summed E-state index contributed by atoms with van der Waals surface area (Å²) in [4.78, 5) is 2.65. The number of hydrogen-bond acceptors (Lipinski definition) is 3. The van der Waals surface area contributed by atoms with Gasteiger partial charge in [0.25, 0.3) is 0 Å². The molecular weight excluding hydrogens is 222 g/mol. The van der Waals surface area contributed by atoms with E-state index in [0.717, 1.165) is 9.81 Å². The van der Waals surface area contributed by atoms with E-state index < -0.39 is 0 Å². The molecule has 1 nitrogen and oxygen atoms in total. The normalized spacial score (nSPS) is 13.6. The van der Waals surface area contributed by atoms with E-state index >= 15 is 0 Å². The van der Waals surface area contributed by atoms with E-state index in [1.54, 1.807) is 23.5 Å². The summed E-state index contributed by atoms with van der Waals surface area (Å²) in [6.07, 6.45) is 0. The summed E-state index contributed by atoms with van der Waals surface area (Å²) in [6, 6.07) is 6.51. The highest BCUT2D eigenvalue weighted by molar-refractivity contribution is 8.24. The first-order valence-electron chi connectivity index (χ1n) is 4.70. The van der Waals surface area contributed by atoms with E-state index in [1.807, 2.05) is 6.92 Å². The van der Waals surface area contributed by atoms with E-state index in [2.05, 4.69) is 32.0 Å². The van der Waals surface area contributed by atoms with E-state index in [1.165, 1.54) is 20.9 Å². The SMILES string of the molecule is CC(C#N)=C1Sc2c(C)ccc(C)c2S1. The molecule has 3 heteroatoms. The molecule has 1 heterocycles. The van der Waals surface area contributed by atoms with Crippen molar-refractivity contribution < 1.29 is 0 Å². The number of hydrogen-bond donors (Lipinski definition) is 0. The average molecular weight is 233 g/mol. The molecule has 1 aliphatic heterocycles. The lowest BCUT2D eigenvalue weighted by Crippen LogP contribution is -1.82. The lowest BCUT2D eigenvalue weighted by Gasteiger charge is -2.03. The van der Waals surface area contributed by atoms with Crippen molar-refractivity contribution in [2.24, 2.45) is 0 Å². The van der Waals surface area contributed by atoms with E-state index in [0.29, 0.717) is 0 Å². The minimum atomic E-state index is 0.819. The van der Waals surface area contributed by atoms with Crippen LogP contribution in [0.1, 0.15) is 18.1 Å². The Morgan fingerprint density at radius 2 is 1.60 bits per heavy atom. The topological polar surface area (TPSA) is 23.8 Å². The van der Waals surface area contributed by atoms with Gasteiger partial charge in [0.2, 0.25) is 0 Å². The van der Waals surface area contributed by atoms with Gasteiger partial charge >= 0.3 is 0 Å². The molecule has 0 spiro atoms. The lowest BCUT2D eigenvalue weighted by atomic mass is 10.2. The maximum atomic E-state index is 8.88. The van der Waals surface area contributed by atoms with Gasteiger partial charge in [-0.2, -0.15) is 5.26 Å². The van der Waals surface area contributed by atoms with Gasteiger partial charge in [0.1, 0.15) is 0 Å². The summed E-state index contributed by atoms with van der Waals surface area (Å²) in [7, 11) is 0. The molecule has 2 rings (SSSR count). The summed E-state index contributed by atoms with van der Waals surface area (Å²) < 4.78 is 1.13. The molecule has 0 bridgehead atoms. The third-order valence-electron chi connectivity index (χ3n) is 2.37.